The molecule has 8 heteroatoms. The van der Waals surface area contributed by atoms with Crippen molar-refractivity contribution in [2.24, 2.45) is 0 Å². The maximum Gasteiger partial charge on any atom is 0.263 e. The topological polar surface area (TPSA) is 73.2 Å². The number of rotatable bonds is 8. The van der Waals surface area contributed by atoms with Crippen LogP contribution in [0.2, 0.25) is 0 Å². The van der Waals surface area contributed by atoms with Gasteiger partial charge in [0.25, 0.3) is 5.56 Å². The van der Waals surface area contributed by atoms with Crippen LogP contribution in [0, 0.1) is 6.92 Å². The number of ether oxygens (including phenoxy) is 1. The van der Waals surface area contributed by atoms with Crippen LogP contribution in [0.25, 0.3) is 10.2 Å². The zero-order valence-electron chi connectivity index (χ0n) is 16.6. The van der Waals surface area contributed by atoms with Crippen molar-refractivity contribution >= 4 is 39.2 Å². The van der Waals surface area contributed by atoms with Gasteiger partial charge in [-0.2, -0.15) is 0 Å². The van der Waals surface area contributed by atoms with Crippen molar-refractivity contribution in [1.29, 1.82) is 0 Å². The minimum absolute atomic E-state index is 0.0195. The molecule has 0 bridgehead atoms. The molecule has 152 valence electrons. The van der Waals surface area contributed by atoms with Crippen LogP contribution in [0.15, 0.2) is 22.6 Å². The first-order valence-corrected chi connectivity index (χ1v) is 11.4. The molecule has 1 aliphatic heterocycles. The van der Waals surface area contributed by atoms with Crippen LogP contribution in [0.1, 0.15) is 37.1 Å². The summed E-state index contributed by atoms with van der Waals surface area (Å²) >= 11 is 2.87. The van der Waals surface area contributed by atoms with Crippen molar-refractivity contribution in [2.75, 3.05) is 13.2 Å². The van der Waals surface area contributed by atoms with Gasteiger partial charge in [-0.15, -0.1) is 17.9 Å². The molecule has 1 amide bonds. The van der Waals surface area contributed by atoms with Gasteiger partial charge in [-0.1, -0.05) is 24.8 Å². The Kier molecular flexibility index (Phi) is 6.95. The maximum atomic E-state index is 13.4. The summed E-state index contributed by atoms with van der Waals surface area (Å²) in [5.41, 5.74) is 1.05. The summed E-state index contributed by atoms with van der Waals surface area (Å²) in [4.78, 5) is 32.4. The van der Waals surface area contributed by atoms with Crippen molar-refractivity contribution in [3.05, 3.63) is 33.4 Å². The smallest absolute Gasteiger partial charge is 0.263 e. The van der Waals surface area contributed by atoms with Gasteiger partial charge >= 0.3 is 0 Å². The molecule has 1 saturated heterocycles. The van der Waals surface area contributed by atoms with Gasteiger partial charge < -0.3 is 10.1 Å². The van der Waals surface area contributed by atoms with E-state index in [1.165, 1.54) is 11.8 Å². The van der Waals surface area contributed by atoms with Gasteiger partial charge in [-0.25, -0.2) is 4.98 Å². The fourth-order valence-corrected chi connectivity index (χ4v) is 5.53. The van der Waals surface area contributed by atoms with Gasteiger partial charge in [0.15, 0.2) is 5.16 Å². The first-order chi connectivity index (χ1) is 13.5. The Morgan fingerprint density at radius 2 is 2.36 bits per heavy atom. The predicted octanol–water partition coefficient (Wildman–Crippen LogP) is 3.29. The number of thioether (sulfide) groups is 1. The Morgan fingerprint density at radius 3 is 3.00 bits per heavy atom. The minimum atomic E-state index is -0.369. The van der Waals surface area contributed by atoms with E-state index < -0.39 is 0 Å². The third-order valence-electron chi connectivity index (χ3n) is 4.91. The molecule has 6 nitrogen and oxygen atoms in total. The third-order valence-corrected chi connectivity index (χ3v) is 7.04. The highest BCUT2D eigenvalue weighted by Gasteiger charge is 2.25. The molecule has 2 aromatic rings. The Balaban J connectivity index is 2.02. The molecule has 1 N–H and O–H groups in total. The van der Waals surface area contributed by atoms with Crippen LogP contribution in [-0.4, -0.2) is 40.0 Å². The Hall–Kier alpha value is -1.64. The van der Waals surface area contributed by atoms with Crippen molar-refractivity contribution in [2.45, 2.75) is 63.1 Å². The molecule has 3 heterocycles. The molecular weight excluding hydrogens is 394 g/mol. The first kappa shape index (κ1) is 21.1. The van der Waals surface area contributed by atoms with Crippen LogP contribution >= 0.6 is 23.1 Å². The molecule has 0 aromatic carbocycles. The number of carbonyl (C=O) groups excluding carboxylic acids is 1. The SMILES string of the molecule is C=CCNC(=O)[C@H](C)Sc1nc2sc(C)c(CC)c2c(=O)n1C[C@@H]1CCCO1. The lowest BCUT2D eigenvalue weighted by Crippen LogP contribution is -2.33. The lowest BCUT2D eigenvalue weighted by Gasteiger charge is -2.18. The Bertz CT molecular complexity index is 929. The lowest BCUT2D eigenvalue weighted by atomic mass is 10.1. The van der Waals surface area contributed by atoms with Crippen LogP contribution in [0.4, 0.5) is 0 Å². The zero-order valence-corrected chi connectivity index (χ0v) is 18.3. The second kappa shape index (κ2) is 9.24. The fraction of sp³-hybridized carbons (Fsp3) is 0.550. The van der Waals surface area contributed by atoms with E-state index >= 15 is 0 Å². The number of aromatic nitrogens is 2. The quantitative estimate of drug-likeness (QED) is 0.402. The molecule has 0 radical (unpaired) electrons. The maximum absolute atomic E-state index is 13.4. The monoisotopic (exact) mass is 421 g/mol. The summed E-state index contributed by atoms with van der Waals surface area (Å²) < 4.78 is 7.48. The van der Waals surface area contributed by atoms with E-state index in [2.05, 4.69) is 18.8 Å². The van der Waals surface area contributed by atoms with Crippen LogP contribution in [0.5, 0.6) is 0 Å². The van der Waals surface area contributed by atoms with E-state index in [4.69, 9.17) is 9.72 Å². The Labute approximate surface area is 173 Å². The molecule has 2 aromatic heterocycles. The zero-order chi connectivity index (χ0) is 20.3. The van der Waals surface area contributed by atoms with E-state index in [0.717, 1.165) is 46.5 Å². The van der Waals surface area contributed by atoms with E-state index in [1.54, 1.807) is 22.0 Å². The molecule has 1 fully saturated rings. The van der Waals surface area contributed by atoms with E-state index in [9.17, 15) is 9.59 Å². The van der Waals surface area contributed by atoms with Gasteiger partial charge in [0.2, 0.25) is 5.91 Å². The number of nitrogens with zero attached hydrogens (tertiary/aromatic N) is 2. The van der Waals surface area contributed by atoms with Gasteiger partial charge in [-0.05, 0) is 38.7 Å². The number of carbonyl (C=O) groups is 1. The first-order valence-electron chi connectivity index (χ1n) is 9.65. The fourth-order valence-electron chi connectivity index (χ4n) is 3.43. The molecule has 1 aliphatic rings. The van der Waals surface area contributed by atoms with Gasteiger partial charge in [-0.3, -0.25) is 14.2 Å². The summed E-state index contributed by atoms with van der Waals surface area (Å²) in [6.45, 7) is 11.2. The minimum Gasteiger partial charge on any atom is -0.376 e. The molecule has 2 atom stereocenters. The molecule has 0 aliphatic carbocycles. The molecule has 28 heavy (non-hydrogen) atoms. The second-order valence-corrected chi connectivity index (χ2v) is 9.42. The number of hydrogen-bond acceptors (Lipinski definition) is 6. The second-order valence-electron chi connectivity index (χ2n) is 6.91. The van der Waals surface area contributed by atoms with Crippen molar-refractivity contribution in [3.8, 4) is 0 Å². The number of hydrogen-bond donors (Lipinski definition) is 1. The number of amides is 1. The number of thiophene rings is 1. The largest absolute Gasteiger partial charge is 0.376 e. The highest BCUT2D eigenvalue weighted by Crippen LogP contribution is 2.31. The summed E-state index contributed by atoms with van der Waals surface area (Å²) in [6, 6.07) is 0. The standard InChI is InChI=1S/C20H27N3O3S2/c1-5-9-21-17(24)13(4)28-20-22-18-16(15(6-2)12(3)27-18)19(25)23(20)11-14-8-7-10-26-14/h5,13-14H,1,6-11H2,2-4H3,(H,21,24)/t13-,14-/m0/s1. The van der Waals surface area contributed by atoms with Crippen LogP contribution < -0.4 is 10.9 Å². The number of aryl methyl sites for hydroxylation is 2. The van der Waals surface area contributed by atoms with Gasteiger partial charge in [0.1, 0.15) is 4.83 Å². The normalized spacial score (nSPS) is 17.8. The summed E-state index contributed by atoms with van der Waals surface area (Å²) in [6.07, 6.45) is 4.41. The summed E-state index contributed by atoms with van der Waals surface area (Å²) in [5, 5.41) is 3.74. The molecule has 0 spiro atoms. The highest BCUT2D eigenvalue weighted by molar-refractivity contribution is 8.00. The highest BCUT2D eigenvalue weighted by atomic mass is 32.2. The molecule has 0 saturated carbocycles. The average Bonchev–Trinajstić information content (AvgIpc) is 3.29. The average molecular weight is 422 g/mol. The number of fused-ring (bicyclic) bond motifs is 1. The van der Waals surface area contributed by atoms with Crippen LogP contribution in [-0.2, 0) is 22.5 Å². The van der Waals surface area contributed by atoms with Crippen molar-refractivity contribution in [3.63, 3.8) is 0 Å². The lowest BCUT2D eigenvalue weighted by molar-refractivity contribution is -0.120. The Morgan fingerprint density at radius 1 is 1.57 bits per heavy atom. The molecule has 0 unspecified atom stereocenters. The number of nitrogens with one attached hydrogen (secondary N) is 1. The van der Waals surface area contributed by atoms with Gasteiger partial charge in [0, 0.05) is 18.0 Å². The molecule has 3 rings (SSSR count). The van der Waals surface area contributed by atoms with Crippen molar-refractivity contribution < 1.29 is 9.53 Å². The van der Waals surface area contributed by atoms with Crippen molar-refractivity contribution in [1.82, 2.24) is 14.9 Å². The van der Waals surface area contributed by atoms with E-state index in [-0.39, 0.29) is 22.8 Å². The van der Waals surface area contributed by atoms with Gasteiger partial charge in [0.05, 0.1) is 23.3 Å². The summed E-state index contributed by atoms with van der Waals surface area (Å²) in [7, 11) is 0. The third kappa shape index (κ3) is 4.34. The summed E-state index contributed by atoms with van der Waals surface area (Å²) in [5.74, 6) is -0.0977. The van der Waals surface area contributed by atoms with E-state index in [1.807, 2.05) is 13.8 Å². The van der Waals surface area contributed by atoms with E-state index in [0.29, 0.717) is 18.2 Å². The van der Waals surface area contributed by atoms with Crippen LogP contribution in [0.3, 0.4) is 0 Å². The molecular formula is C20H27N3O3S2. The predicted molar refractivity (Wildman–Crippen MR) is 115 cm³/mol.